The second-order valence-electron chi connectivity index (χ2n) is 4.69. The van der Waals surface area contributed by atoms with Crippen LogP contribution >= 0.6 is 0 Å². The zero-order chi connectivity index (χ0) is 13.5. The Morgan fingerprint density at radius 3 is 2.35 bits per heavy atom. The summed E-state index contributed by atoms with van der Waals surface area (Å²) in [6.45, 7) is 6.63. The average Bonchev–Trinajstić information content (AvgIpc) is 2.15. The minimum Gasteiger partial charge on any atom is -0.481 e. The van der Waals surface area contributed by atoms with E-state index < -0.39 is 11.5 Å². The topological polar surface area (TPSA) is 78.9 Å². The number of carbonyl (C=O) groups is 2. The third-order valence-electron chi connectivity index (χ3n) is 2.19. The molecule has 0 rings (SSSR count). The summed E-state index contributed by atoms with van der Waals surface area (Å²) in [5.74, 6) is -0.913. The lowest BCUT2D eigenvalue weighted by Gasteiger charge is -2.35. The number of hydrogen-bond acceptors (Lipinski definition) is 3. The molecule has 17 heavy (non-hydrogen) atoms. The van der Waals surface area contributed by atoms with Gasteiger partial charge in [0.05, 0.1) is 13.0 Å². The van der Waals surface area contributed by atoms with Gasteiger partial charge in [0.25, 0.3) is 0 Å². The highest BCUT2D eigenvalue weighted by Crippen LogP contribution is 2.13. The van der Waals surface area contributed by atoms with E-state index in [4.69, 9.17) is 9.84 Å². The summed E-state index contributed by atoms with van der Waals surface area (Å²) in [5, 5.41) is 11.3. The second kappa shape index (κ2) is 7.11. The fraction of sp³-hybridized carbons (Fsp3) is 0.818. The standard InChI is InChI=1S/C11H22N2O4/c1-11(2,3)13(7-5-9(14)15)10(16)12-6-8-17-4/h5-8H2,1-4H3,(H,12,16)(H,14,15). The zero-order valence-electron chi connectivity index (χ0n) is 10.9. The van der Waals surface area contributed by atoms with Crippen molar-refractivity contribution in [3.05, 3.63) is 0 Å². The highest BCUT2D eigenvalue weighted by molar-refractivity contribution is 5.76. The summed E-state index contributed by atoms with van der Waals surface area (Å²) in [6, 6.07) is -0.268. The van der Waals surface area contributed by atoms with Crippen LogP contribution in [0.4, 0.5) is 4.79 Å². The Labute approximate surface area is 102 Å². The zero-order valence-corrected chi connectivity index (χ0v) is 10.9. The number of aliphatic carboxylic acids is 1. The van der Waals surface area contributed by atoms with Crippen molar-refractivity contribution < 1.29 is 19.4 Å². The molecule has 0 aliphatic heterocycles. The van der Waals surface area contributed by atoms with E-state index in [1.807, 2.05) is 20.8 Å². The minimum absolute atomic E-state index is 0.0605. The molecular formula is C11H22N2O4. The Hall–Kier alpha value is -1.30. The van der Waals surface area contributed by atoms with Crippen molar-refractivity contribution in [1.29, 1.82) is 0 Å². The number of amides is 2. The molecule has 2 amide bonds. The monoisotopic (exact) mass is 246 g/mol. The number of carboxylic acids is 1. The van der Waals surface area contributed by atoms with E-state index in [0.29, 0.717) is 13.2 Å². The average molecular weight is 246 g/mol. The third kappa shape index (κ3) is 6.78. The maximum Gasteiger partial charge on any atom is 0.317 e. The highest BCUT2D eigenvalue weighted by Gasteiger charge is 2.26. The number of methoxy groups -OCH3 is 1. The first-order chi connectivity index (χ1) is 7.79. The largest absolute Gasteiger partial charge is 0.481 e. The van der Waals surface area contributed by atoms with Gasteiger partial charge < -0.3 is 20.1 Å². The number of hydrogen-bond donors (Lipinski definition) is 2. The molecule has 0 aromatic heterocycles. The van der Waals surface area contributed by atoms with E-state index >= 15 is 0 Å². The fourth-order valence-electron chi connectivity index (χ4n) is 1.30. The highest BCUT2D eigenvalue weighted by atomic mass is 16.5. The van der Waals surface area contributed by atoms with Gasteiger partial charge in [-0.1, -0.05) is 0 Å². The van der Waals surface area contributed by atoms with Crippen LogP contribution in [0.2, 0.25) is 0 Å². The molecule has 2 N–H and O–H groups in total. The molecule has 6 nitrogen and oxygen atoms in total. The van der Waals surface area contributed by atoms with Crippen LogP contribution in [0.25, 0.3) is 0 Å². The molecule has 0 atom stereocenters. The molecule has 0 radical (unpaired) electrons. The summed E-state index contributed by atoms with van der Waals surface area (Å²) < 4.78 is 4.83. The summed E-state index contributed by atoms with van der Waals surface area (Å²) in [5.41, 5.74) is -0.410. The number of urea groups is 1. The van der Waals surface area contributed by atoms with E-state index in [0.717, 1.165) is 0 Å². The molecule has 100 valence electrons. The van der Waals surface area contributed by atoms with Crippen LogP contribution in [-0.4, -0.2) is 54.4 Å². The van der Waals surface area contributed by atoms with Gasteiger partial charge >= 0.3 is 12.0 Å². The lowest BCUT2D eigenvalue weighted by molar-refractivity contribution is -0.137. The van der Waals surface area contributed by atoms with Crippen LogP contribution in [0.15, 0.2) is 0 Å². The SMILES string of the molecule is COCCNC(=O)N(CCC(=O)O)C(C)(C)C. The van der Waals surface area contributed by atoms with Gasteiger partial charge in [-0.3, -0.25) is 4.79 Å². The maximum absolute atomic E-state index is 11.8. The fourth-order valence-corrected chi connectivity index (χ4v) is 1.30. The van der Waals surface area contributed by atoms with Crippen molar-refractivity contribution in [3.63, 3.8) is 0 Å². The molecule has 0 aliphatic carbocycles. The van der Waals surface area contributed by atoms with E-state index in [1.54, 1.807) is 7.11 Å². The molecule has 0 aromatic carbocycles. The predicted octanol–water partition coefficient (Wildman–Crippen LogP) is 0.918. The molecule has 0 unspecified atom stereocenters. The van der Waals surface area contributed by atoms with Crippen LogP contribution < -0.4 is 5.32 Å². The quantitative estimate of drug-likeness (QED) is 0.683. The Kier molecular flexibility index (Phi) is 6.57. The first-order valence-electron chi connectivity index (χ1n) is 5.55. The molecular weight excluding hydrogens is 224 g/mol. The predicted molar refractivity (Wildman–Crippen MR) is 64.0 cm³/mol. The van der Waals surface area contributed by atoms with Gasteiger partial charge in [-0.15, -0.1) is 0 Å². The van der Waals surface area contributed by atoms with Crippen LogP contribution in [-0.2, 0) is 9.53 Å². The molecule has 0 aliphatic rings. The van der Waals surface area contributed by atoms with Crippen molar-refractivity contribution in [2.45, 2.75) is 32.7 Å². The van der Waals surface area contributed by atoms with Gasteiger partial charge in [-0.2, -0.15) is 0 Å². The van der Waals surface area contributed by atoms with Gasteiger partial charge in [-0.05, 0) is 20.8 Å². The van der Waals surface area contributed by atoms with Crippen LogP contribution in [0.1, 0.15) is 27.2 Å². The number of nitrogens with zero attached hydrogens (tertiary/aromatic N) is 1. The van der Waals surface area contributed by atoms with Crippen molar-refractivity contribution in [3.8, 4) is 0 Å². The third-order valence-corrected chi connectivity index (χ3v) is 2.19. The number of carboxylic acid groups (broad SMARTS) is 1. The van der Waals surface area contributed by atoms with Crippen molar-refractivity contribution in [1.82, 2.24) is 10.2 Å². The summed E-state index contributed by atoms with van der Waals surface area (Å²) in [7, 11) is 1.55. The number of rotatable bonds is 6. The molecule has 0 fully saturated rings. The molecule has 0 saturated heterocycles. The summed E-state index contributed by atoms with van der Waals surface area (Å²) >= 11 is 0. The minimum atomic E-state index is -0.913. The number of nitrogens with one attached hydrogen (secondary N) is 1. The van der Waals surface area contributed by atoms with Gasteiger partial charge in [0, 0.05) is 25.7 Å². The first kappa shape index (κ1) is 15.7. The second-order valence-corrected chi connectivity index (χ2v) is 4.69. The number of carbonyl (C=O) groups excluding carboxylic acids is 1. The maximum atomic E-state index is 11.8. The molecule has 0 heterocycles. The van der Waals surface area contributed by atoms with Gasteiger partial charge in [0.1, 0.15) is 0 Å². The lowest BCUT2D eigenvalue weighted by Crippen LogP contribution is -2.51. The molecule has 0 bridgehead atoms. The summed E-state index contributed by atoms with van der Waals surface area (Å²) in [6.07, 6.45) is -0.0605. The Balaban J connectivity index is 4.36. The van der Waals surface area contributed by atoms with E-state index in [1.165, 1.54) is 4.90 Å². The lowest BCUT2D eigenvalue weighted by atomic mass is 10.1. The summed E-state index contributed by atoms with van der Waals surface area (Å²) in [4.78, 5) is 23.9. The molecule has 0 saturated carbocycles. The van der Waals surface area contributed by atoms with Gasteiger partial charge in [0.15, 0.2) is 0 Å². The Bertz CT molecular complexity index is 261. The normalized spacial score (nSPS) is 11.1. The molecule has 6 heteroatoms. The van der Waals surface area contributed by atoms with Crippen LogP contribution in [0.3, 0.4) is 0 Å². The molecule has 0 spiro atoms. The van der Waals surface area contributed by atoms with E-state index in [2.05, 4.69) is 5.32 Å². The Morgan fingerprint density at radius 2 is 1.94 bits per heavy atom. The van der Waals surface area contributed by atoms with Crippen molar-refractivity contribution in [2.75, 3.05) is 26.8 Å². The molecule has 0 aromatic rings. The van der Waals surface area contributed by atoms with Crippen molar-refractivity contribution >= 4 is 12.0 Å². The first-order valence-corrected chi connectivity index (χ1v) is 5.55. The van der Waals surface area contributed by atoms with Gasteiger partial charge in [0.2, 0.25) is 0 Å². The van der Waals surface area contributed by atoms with Gasteiger partial charge in [-0.25, -0.2) is 4.79 Å². The Morgan fingerprint density at radius 1 is 1.35 bits per heavy atom. The smallest absolute Gasteiger partial charge is 0.317 e. The van der Waals surface area contributed by atoms with E-state index in [-0.39, 0.29) is 19.0 Å². The number of ether oxygens (including phenoxy) is 1. The van der Waals surface area contributed by atoms with E-state index in [9.17, 15) is 9.59 Å². The van der Waals surface area contributed by atoms with Crippen LogP contribution in [0.5, 0.6) is 0 Å². The van der Waals surface area contributed by atoms with Crippen molar-refractivity contribution in [2.24, 2.45) is 0 Å². The van der Waals surface area contributed by atoms with Crippen LogP contribution in [0, 0.1) is 0 Å².